The second kappa shape index (κ2) is 2.35. The van der Waals surface area contributed by atoms with Gasteiger partial charge in [0.05, 0.1) is 5.69 Å². The van der Waals surface area contributed by atoms with Crippen LogP contribution in [-0.4, -0.2) is 11.3 Å². The fraction of sp³-hybridized carbons (Fsp3) is 0.167. The highest BCUT2D eigenvalue weighted by Gasteiger charge is 2.00. The maximum absolute atomic E-state index is 10.2. The maximum atomic E-state index is 10.2. The van der Waals surface area contributed by atoms with Gasteiger partial charge in [0, 0.05) is 10.7 Å². The van der Waals surface area contributed by atoms with E-state index >= 15 is 0 Å². The summed E-state index contributed by atoms with van der Waals surface area (Å²) < 4.78 is 0.949. The monoisotopic (exact) mass is 187 g/mol. The molecule has 48 valence electrons. The SMILES string of the molecule is Cc1c(Br)c[nH]c1C=O. The number of aldehydes is 1. The number of carbonyl (C=O) groups excluding carboxylic acids is 1. The van der Waals surface area contributed by atoms with Crippen molar-refractivity contribution in [2.75, 3.05) is 0 Å². The molecule has 9 heavy (non-hydrogen) atoms. The number of rotatable bonds is 1. The van der Waals surface area contributed by atoms with E-state index in [2.05, 4.69) is 20.9 Å². The van der Waals surface area contributed by atoms with Crippen molar-refractivity contribution in [2.24, 2.45) is 0 Å². The highest BCUT2D eigenvalue weighted by atomic mass is 79.9. The first-order chi connectivity index (χ1) is 4.25. The predicted molar refractivity (Wildman–Crippen MR) is 38.6 cm³/mol. The van der Waals surface area contributed by atoms with Crippen molar-refractivity contribution in [3.63, 3.8) is 0 Å². The van der Waals surface area contributed by atoms with E-state index in [0.717, 1.165) is 16.3 Å². The van der Waals surface area contributed by atoms with Gasteiger partial charge in [-0.1, -0.05) is 0 Å². The molecule has 0 fully saturated rings. The summed E-state index contributed by atoms with van der Waals surface area (Å²) in [6.45, 7) is 1.88. The van der Waals surface area contributed by atoms with Crippen LogP contribution in [0.3, 0.4) is 0 Å². The highest BCUT2D eigenvalue weighted by molar-refractivity contribution is 9.10. The average molecular weight is 188 g/mol. The van der Waals surface area contributed by atoms with Crippen LogP contribution >= 0.6 is 15.9 Å². The minimum absolute atomic E-state index is 0.641. The Morgan fingerprint density at radius 3 is 2.67 bits per heavy atom. The van der Waals surface area contributed by atoms with Crippen molar-refractivity contribution < 1.29 is 4.79 Å². The van der Waals surface area contributed by atoms with Gasteiger partial charge in [-0.15, -0.1) is 0 Å². The van der Waals surface area contributed by atoms with Crippen molar-refractivity contribution in [1.29, 1.82) is 0 Å². The van der Waals surface area contributed by atoms with Gasteiger partial charge in [-0.05, 0) is 28.4 Å². The Labute approximate surface area is 61.4 Å². The first-order valence-corrected chi connectivity index (χ1v) is 3.33. The van der Waals surface area contributed by atoms with Gasteiger partial charge in [-0.3, -0.25) is 4.79 Å². The Hall–Kier alpha value is -0.570. The number of nitrogens with one attached hydrogen (secondary N) is 1. The van der Waals surface area contributed by atoms with Crippen LogP contribution in [0.4, 0.5) is 0 Å². The van der Waals surface area contributed by atoms with E-state index < -0.39 is 0 Å². The zero-order valence-corrected chi connectivity index (χ0v) is 6.53. The molecule has 1 rings (SSSR count). The van der Waals surface area contributed by atoms with E-state index in [1.807, 2.05) is 6.92 Å². The zero-order valence-electron chi connectivity index (χ0n) is 4.94. The standard InChI is InChI=1S/C6H6BrNO/c1-4-5(7)2-8-6(4)3-9/h2-3,8H,1H3. The molecule has 0 unspecified atom stereocenters. The number of aromatic nitrogens is 1. The lowest BCUT2D eigenvalue weighted by molar-refractivity contribution is 0.111. The van der Waals surface area contributed by atoms with Crippen LogP contribution in [0.1, 0.15) is 16.1 Å². The maximum Gasteiger partial charge on any atom is 0.166 e. The lowest BCUT2D eigenvalue weighted by Gasteiger charge is -1.84. The molecule has 0 aliphatic rings. The Kier molecular flexibility index (Phi) is 1.71. The summed E-state index contributed by atoms with van der Waals surface area (Å²) in [6, 6.07) is 0. The van der Waals surface area contributed by atoms with E-state index in [4.69, 9.17) is 0 Å². The largest absolute Gasteiger partial charge is 0.358 e. The topological polar surface area (TPSA) is 32.9 Å². The molecule has 0 radical (unpaired) electrons. The summed E-state index contributed by atoms with van der Waals surface area (Å²) in [5.74, 6) is 0. The minimum Gasteiger partial charge on any atom is -0.358 e. The number of aromatic amines is 1. The van der Waals surface area contributed by atoms with Crippen LogP contribution in [0.25, 0.3) is 0 Å². The first-order valence-electron chi connectivity index (χ1n) is 2.54. The van der Waals surface area contributed by atoms with E-state index in [-0.39, 0.29) is 0 Å². The molecule has 2 nitrogen and oxygen atoms in total. The van der Waals surface area contributed by atoms with Crippen LogP contribution < -0.4 is 0 Å². The van der Waals surface area contributed by atoms with E-state index in [1.165, 1.54) is 0 Å². The van der Waals surface area contributed by atoms with Gasteiger partial charge in [0.25, 0.3) is 0 Å². The van der Waals surface area contributed by atoms with Gasteiger partial charge in [-0.2, -0.15) is 0 Å². The highest BCUT2D eigenvalue weighted by Crippen LogP contribution is 2.16. The number of carbonyl (C=O) groups is 1. The number of H-pyrrole nitrogens is 1. The van der Waals surface area contributed by atoms with Crippen molar-refractivity contribution in [2.45, 2.75) is 6.92 Å². The molecule has 0 amide bonds. The summed E-state index contributed by atoms with van der Waals surface area (Å²) in [5.41, 5.74) is 1.60. The third-order valence-corrected chi connectivity index (χ3v) is 2.06. The molecule has 0 saturated carbocycles. The molecule has 0 aromatic carbocycles. The molecule has 0 bridgehead atoms. The number of halogens is 1. The molecule has 0 spiro atoms. The van der Waals surface area contributed by atoms with Crippen molar-refractivity contribution in [3.8, 4) is 0 Å². The Morgan fingerprint density at radius 1 is 1.78 bits per heavy atom. The summed E-state index contributed by atoms with van der Waals surface area (Å²) in [5, 5.41) is 0. The lowest BCUT2D eigenvalue weighted by Crippen LogP contribution is -1.80. The van der Waals surface area contributed by atoms with Gasteiger partial charge < -0.3 is 4.98 Å². The van der Waals surface area contributed by atoms with Crippen LogP contribution in [0.15, 0.2) is 10.7 Å². The molecule has 0 atom stereocenters. The van der Waals surface area contributed by atoms with E-state index in [9.17, 15) is 4.79 Å². The van der Waals surface area contributed by atoms with Crippen molar-refractivity contribution in [3.05, 3.63) is 21.9 Å². The molecule has 0 aliphatic heterocycles. The van der Waals surface area contributed by atoms with Gasteiger partial charge in [-0.25, -0.2) is 0 Å². The van der Waals surface area contributed by atoms with Crippen LogP contribution in [0, 0.1) is 6.92 Å². The Balaban J connectivity index is 3.18. The second-order valence-corrected chi connectivity index (χ2v) is 2.65. The van der Waals surface area contributed by atoms with Gasteiger partial charge in [0.15, 0.2) is 6.29 Å². The molecule has 1 heterocycles. The normalized spacial score (nSPS) is 9.56. The van der Waals surface area contributed by atoms with Gasteiger partial charge in [0.2, 0.25) is 0 Å². The third-order valence-electron chi connectivity index (χ3n) is 1.23. The van der Waals surface area contributed by atoms with Crippen LogP contribution in [0.2, 0.25) is 0 Å². The number of hydrogen-bond donors (Lipinski definition) is 1. The minimum atomic E-state index is 0.641. The van der Waals surface area contributed by atoms with Crippen LogP contribution in [0.5, 0.6) is 0 Å². The summed E-state index contributed by atoms with van der Waals surface area (Å²) in [7, 11) is 0. The second-order valence-electron chi connectivity index (χ2n) is 1.79. The molecule has 3 heteroatoms. The fourth-order valence-electron chi connectivity index (χ4n) is 0.609. The predicted octanol–water partition coefficient (Wildman–Crippen LogP) is 1.90. The molecule has 1 N–H and O–H groups in total. The van der Waals surface area contributed by atoms with Crippen molar-refractivity contribution >= 4 is 22.2 Å². The summed E-state index contributed by atoms with van der Waals surface area (Å²) in [4.78, 5) is 13.0. The Morgan fingerprint density at radius 2 is 2.44 bits per heavy atom. The quantitative estimate of drug-likeness (QED) is 0.670. The molecular weight excluding hydrogens is 182 g/mol. The number of hydrogen-bond acceptors (Lipinski definition) is 1. The molecule has 0 saturated heterocycles. The molecule has 0 aliphatic carbocycles. The van der Waals surface area contributed by atoms with E-state index in [1.54, 1.807) is 6.20 Å². The average Bonchev–Trinajstić information content (AvgIpc) is 2.15. The molecule has 1 aromatic rings. The zero-order chi connectivity index (χ0) is 6.85. The molecule has 1 aromatic heterocycles. The molecular formula is C6H6BrNO. The van der Waals surface area contributed by atoms with Crippen LogP contribution in [-0.2, 0) is 0 Å². The Bertz CT molecular complexity index is 229. The van der Waals surface area contributed by atoms with Gasteiger partial charge in [0.1, 0.15) is 0 Å². The van der Waals surface area contributed by atoms with E-state index in [0.29, 0.717) is 5.69 Å². The lowest BCUT2D eigenvalue weighted by atomic mass is 10.3. The third kappa shape index (κ3) is 1.05. The first kappa shape index (κ1) is 6.55. The summed E-state index contributed by atoms with van der Waals surface area (Å²) >= 11 is 3.27. The smallest absolute Gasteiger partial charge is 0.166 e. The fourth-order valence-corrected chi connectivity index (χ4v) is 0.937. The van der Waals surface area contributed by atoms with Crippen molar-refractivity contribution in [1.82, 2.24) is 4.98 Å². The van der Waals surface area contributed by atoms with Gasteiger partial charge >= 0.3 is 0 Å². The summed E-state index contributed by atoms with van der Waals surface area (Å²) in [6.07, 6.45) is 2.55.